The van der Waals surface area contributed by atoms with Crippen molar-refractivity contribution >= 4 is 11.9 Å². The van der Waals surface area contributed by atoms with Crippen LogP contribution in [0.15, 0.2) is 0 Å². The van der Waals surface area contributed by atoms with Crippen LogP contribution in [0.4, 0.5) is 5.95 Å². The molecule has 21 heavy (non-hydrogen) atoms. The minimum Gasteiger partial charge on any atom is -0.370 e. The molecule has 1 aromatic heterocycles. The highest BCUT2D eigenvalue weighted by Gasteiger charge is 2.23. The average molecular weight is 291 g/mol. The molecule has 2 heterocycles. The first-order valence-corrected chi connectivity index (χ1v) is 7.89. The van der Waals surface area contributed by atoms with Crippen LogP contribution in [-0.4, -0.2) is 34.2 Å². The van der Waals surface area contributed by atoms with Crippen LogP contribution in [0.1, 0.15) is 50.9 Å². The van der Waals surface area contributed by atoms with Crippen molar-refractivity contribution in [1.29, 1.82) is 0 Å². The smallest absolute Gasteiger partial charge is 0.245 e. The lowest BCUT2D eigenvalue weighted by atomic mass is 9.93. The highest BCUT2D eigenvalue weighted by atomic mass is 16.1. The molecule has 6 nitrogen and oxygen atoms in total. The Labute approximate surface area is 126 Å². The number of aromatic nitrogens is 3. The van der Waals surface area contributed by atoms with E-state index < -0.39 is 0 Å². The molecule has 1 amide bonds. The van der Waals surface area contributed by atoms with E-state index in [-0.39, 0.29) is 5.91 Å². The number of hydrogen-bond donors (Lipinski definition) is 1. The molecular weight excluding hydrogens is 266 g/mol. The normalized spacial score (nSPS) is 18.8. The van der Waals surface area contributed by atoms with Crippen molar-refractivity contribution in [2.45, 2.75) is 52.4 Å². The number of carbonyl (C=O) groups is 1. The van der Waals surface area contributed by atoms with Crippen molar-refractivity contribution in [1.82, 2.24) is 15.2 Å². The largest absolute Gasteiger partial charge is 0.370 e. The molecule has 1 atom stereocenters. The second kappa shape index (κ2) is 7.33. The number of primary amides is 1. The van der Waals surface area contributed by atoms with E-state index in [1.54, 1.807) is 0 Å². The van der Waals surface area contributed by atoms with E-state index in [0.29, 0.717) is 12.3 Å². The van der Waals surface area contributed by atoms with Crippen molar-refractivity contribution in [2.75, 3.05) is 18.0 Å². The van der Waals surface area contributed by atoms with Crippen LogP contribution in [0.25, 0.3) is 0 Å². The number of nitrogens with two attached hydrogens (primary N) is 1. The third kappa shape index (κ3) is 4.12. The van der Waals surface area contributed by atoms with Crippen molar-refractivity contribution in [3.8, 4) is 0 Å². The number of amides is 1. The molecule has 1 saturated heterocycles. The first-order valence-electron chi connectivity index (χ1n) is 7.89. The molecule has 0 bridgehead atoms. The Kier molecular flexibility index (Phi) is 5.47. The Hall–Kier alpha value is -1.72. The summed E-state index contributed by atoms with van der Waals surface area (Å²) in [6.07, 6.45) is 5.31. The summed E-state index contributed by atoms with van der Waals surface area (Å²) < 4.78 is 0. The summed E-state index contributed by atoms with van der Waals surface area (Å²) in [5.74, 6) is 1.00. The summed E-state index contributed by atoms with van der Waals surface area (Å²) in [6.45, 7) is 6.02. The average Bonchev–Trinajstić information content (AvgIpc) is 2.52. The Balaban J connectivity index is 2.05. The maximum Gasteiger partial charge on any atom is 0.245 e. The molecule has 6 heteroatoms. The van der Waals surface area contributed by atoms with Gasteiger partial charge in [0.05, 0.1) is 11.4 Å². The van der Waals surface area contributed by atoms with Crippen LogP contribution in [-0.2, 0) is 17.6 Å². The van der Waals surface area contributed by atoms with Gasteiger partial charge in [-0.05, 0) is 38.0 Å². The molecule has 0 aliphatic carbocycles. The van der Waals surface area contributed by atoms with Gasteiger partial charge in [0.2, 0.25) is 11.9 Å². The van der Waals surface area contributed by atoms with E-state index in [9.17, 15) is 4.79 Å². The molecule has 116 valence electrons. The lowest BCUT2D eigenvalue weighted by Crippen LogP contribution is -2.37. The van der Waals surface area contributed by atoms with Crippen LogP contribution in [0, 0.1) is 5.92 Å². The number of nitrogens with zero attached hydrogens (tertiary/aromatic N) is 4. The van der Waals surface area contributed by atoms with E-state index in [0.717, 1.165) is 62.5 Å². The summed E-state index contributed by atoms with van der Waals surface area (Å²) in [4.78, 5) is 17.8. The topological polar surface area (TPSA) is 85.0 Å². The summed E-state index contributed by atoms with van der Waals surface area (Å²) >= 11 is 0. The van der Waals surface area contributed by atoms with Gasteiger partial charge in [-0.3, -0.25) is 4.79 Å². The predicted octanol–water partition coefficient (Wildman–Crippen LogP) is 1.48. The van der Waals surface area contributed by atoms with Gasteiger partial charge in [0.25, 0.3) is 0 Å². The third-order valence-corrected chi connectivity index (χ3v) is 4.10. The first kappa shape index (κ1) is 15.7. The van der Waals surface area contributed by atoms with E-state index in [1.807, 2.05) is 0 Å². The fourth-order valence-electron chi connectivity index (χ4n) is 2.89. The molecule has 0 spiro atoms. The number of carbonyl (C=O) groups excluding carboxylic acids is 1. The number of aryl methyl sites for hydroxylation is 2. The van der Waals surface area contributed by atoms with Crippen molar-refractivity contribution in [3.05, 3.63) is 11.4 Å². The number of hydrogen-bond acceptors (Lipinski definition) is 5. The number of rotatable bonds is 6. The Morgan fingerprint density at radius 2 is 2.05 bits per heavy atom. The van der Waals surface area contributed by atoms with Gasteiger partial charge in [-0.15, -0.1) is 5.10 Å². The zero-order valence-electron chi connectivity index (χ0n) is 13.0. The maximum atomic E-state index is 10.9. The van der Waals surface area contributed by atoms with Gasteiger partial charge in [0.15, 0.2) is 0 Å². The Morgan fingerprint density at radius 3 is 2.71 bits per heavy atom. The van der Waals surface area contributed by atoms with E-state index >= 15 is 0 Å². The Bertz CT molecular complexity index is 491. The third-order valence-electron chi connectivity index (χ3n) is 4.10. The van der Waals surface area contributed by atoms with E-state index in [4.69, 9.17) is 5.73 Å². The SMILES string of the molecule is CCc1nnc(N2CCCC(CCC(N)=O)C2)nc1CC. The minimum atomic E-state index is -0.217. The van der Waals surface area contributed by atoms with Gasteiger partial charge in [0.1, 0.15) is 0 Å². The minimum absolute atomic E-state index is 0.217. The van der Waals surface area contributed by atoms with Crippen molar-refractivity contribution in [2.24, 2.45) is 11.7 Å². The zero-order chi connectivity index (χ0) is 15.2. The fraction of sp³-hybridized carbons (Fsp3) is 0.733. The molecule has 0 radical (unpaired) electrons. The lowest BCUT2D eigenvalue weighted by Gasteiger charge is -2.32. The molecule has 1 aromatic rings. The van der Waals surface area contributed by atoms with E-state index in [1.165, 1.54) is 0 Å². The molecule has 1 unspecified atom stereocenters. The number of piperidine rings is 1. The molecule has 0 saturated carbocycles. The van der Waals surface area contributed by atoms with Gasteiger partial charge < -0.3 is 10.6 Å². The maximum absolute atomic E-state index is 10.9. The van der Waals surface area contributed by atoms with Gasteiger partial charge in [-0.2, -0.15) is 5.10 Å². The predicted molar refractivity (Wildman–Crippen MR) is 81.9 cm³/mol. The standard InChI is InChI=1S/C15H25N5O/c1-3-12-13(4-2)18-19-15(17-12)20-9-5-6-11(10-20)7-8-14(16)21/h11H,3-10H2,1-2H3,(H2,16,21). The first-order chi connectivity index (χ1) is 10.1. The van der Waals surface area contributed by atoms with Crippen LogP contribution in [0.3, 0.4) is 0 Å². The highest BCUT2D eigenvalue weighted by molar-refractivity contribution is 5.73. The van der Waals surface area contributed by atoms with Crippen molar-refractivity contribution < 1.29 is 4.79 Å². The van der Waals surface area contributed by atoms with Gasteiger partial charge >= 0.3 is 0 Å². The summed E-state index contributed by atoms with van der Waals surface area (Å²) in [7, 11) is 0. The van der Waals surface area contributed by atoms with Crippen LogP contribution >= 0.6 is 0 Å². The highest BCUT2D eigenvalue weighted by Crippen LogP contribution is 2.23. The van der Waals surface area contributed by atoms with Crippen LogP contribution in [0.2, 0.25) is 0 Å². The second-order valence-corrected chi connectivity index (χ2v) is 5.67. The quantitative estimate of drug-likeness (QED) is 0.858. The monoisotopic (exact) mass is 291 g/mol. The van der Waals surface area contributed by atoms with Crippen LogP contribution < -0.4 is 10.6 Å². The summed E-state index contributed by atoms with van der Waals surface area (Å²) in [5.41, 5.74) is 7.27. The zero-order valence-corrected chi connectivity index (χ0v) is 13.0. The van der Waals surface area contributed by atoms with Crippen molar-refractivity contribution in [3.63, 3.8) is 0 Å². The molecular formula is C15H25N5O. The molecule has 1 fully saturated rings. The summed E-state index contributed by atoms with van der Waals surface area (Å²) in [5, 5.41) is 8.60. The molecule has 0 aromatic carbocycles. The lowest BCUT2D eigenvalue weighted by molar-refractivity contribution is -0.118. The molecule has 2 N–H and O–H groups in total. The molecule has 1 aliphatic rings. The molecule has 2 rings (SSSR count). The van der Waals surface area contributed by atoms with E-state index in [2.05, 4.69) is 33.9 Å². The Morgan fingerprint density at radius 1 is 1.29 bits per heavy atom. The van der Waals surface area contributed by atoms with Gasteiger partial charge in [0, 0.05) is 19.5 Å². The van der Waals surface area contributed by atoms with Crippen LogP contribution in [0.5, 0.6) is 0 Å². The molecule has 1 aliphatic heterocycles. The van der Waals surface area contributed by atoms with Gasteiger partial charge in [-0.1, -0.05) is 13.8 Å². The number of anilines is 1. The second-order valence-electron chi connectivity index (χ2n) is 5.67. The fourth-order valence-corrected chi connectivity index (χ4v) is 2.89. The summed E-state index contributed by atoms with van der Waals surface area (Å²) in [6, 6.07) is 0. The van der Waals surface area contributed by atoms with Gasteiger partial charge in [-0.25, -0.2) is 4.98 Å².